The number of anilines is 2. The van der Waals surface area contributed by atoms with E-state index >= 15 is 0 Å². The Kier molecular flexibility index (Phi) is 9.17. The first kappa shape index (κ1) is 26.7. The standard InChI is InChI=1S/C22H23N5O.C7H15BO/c1-14(2)12-27-13-17(11-24-27)19-10-16-7-8-23-22(28)20(16)21(26-19)25-18-6-4-5-15(3)9-18;1-2-3-8-4-6-9-7-5-8/h4-11,13-14H,12H2,1-3H3,(H,23,28)(H,25,26);2-7H2,1H3. The van der Waals surface area contributed by atoms with Gasteiger partial charge in [-0.3, -0.25) is 9.48 Å². The van der Waals surface area contributed by atoms with Gasteiger partial charge in [0.25, 0.3) is 5.56 Å². The molecule has 0 atom stereocenters. The number of hydrogen-bond donors (Lipinski definition) is 2. The second kappa shape index (κ2) is 12.7. The monoisotopic (exact) mass is 499 g/mol. The normalized spacial score (nSPS) is 13.5. The van der Waals surface area contributed by atoms with Crippen molar-refractivity contribution in [3.05, 3.63) is 70.9 Å². The molecule has 0 saturated carbocycles. The molecule has 8 heteroatoms. The minimum absolute atomic E-state index is 0.165. The zero-order chi connectivity index (χ0) is 26.2. The number of nitrogens with one attached hydrogen (secondary N) is 2. The molecule has 4 aromatic rings. The van der Waals surface area contributed by atoms with Crippen molar-refractivity contribution in [2.75, 3.05) is 18.5 Å². The maximum absolute atomic E-state index is 12.5. The van der Waals surface area contributed by atoms with Gasteiger partial charge in [0.15, 0.2) is 0 Å². The number of aromatic amines is 1. The van der Waals surface area contributed by atoms with Gasteiger partial charge in [0.2, 0.25) is 0 Å². The Bertz CT molecular complexity index is 1360. The lowest BCUT2D eigenvalue weighted by Gasteiger charge is -2.17. The summed E-state index contributed by atoms with van der Waals surface area (Å²) in [7, 11) is 0. The van der Waals surface area contributed by atoms with E-state index in [1.54, 1.807) is 6.20 Å². The molecule has 0 unspecified atom stereocenters. The van der Waals surface area contributed by atoms with Gasteiger partial charge in [-0.05, 0) is 48.1 Å². The molecule has 4 heterocycles. The van der Waals surface area contributed by atoms with Crippen LogP contribution in [0.4, 0.5) is 11.5 Å². The van der Waals surface area contributed by atoms with Gasteiger partial charge in [0, 0.05) is 43.4 Å². The lowest BCUT2D eigenvalue weighted by Crippen LogP contribution is -2.22. The molecule has 0 spiro atoms. The van der Waals surface area contributed by atoms with E-state index in [1.165, 1.54) is 25.4 Å². The molecule has 0 bridgehead atoms. The second-order valence-corrected chi connectivity index (χ2v) is 10.3. The van der Waals surface area contributed by atoms with Crippen LogP contribution in [0.25, 0.3) is 22.0 Å². The average molecular weight is 499 g/mol. The van der Waals surface area contributed by atoms with Gasteiger partial charge in [-0.25, -0.2) is 4.98 Å². The van der Waals surface area contributed by atoms with E-state index in [2.05, 4.69) is 36.2 Å². The molecule has 2 N–H and O–H groups in total. The highest BCUT2D eigenvalue weighted by Gasteiger charge is 2.16. The van der Waals surface area contributed by atoms with Crippen LogP contribution >= 0.6 is 0 Å². The van der Waals surface area contributed by atoms with E-state index < -0.39 is 0 Å². The molecular weight excluding hydrogens is 461 g/mol. The molecule has 1 aliphatic rings. The Hall–Kier alpha value is -3.39. The first-order valence-corrected chi connectivity index (χ1v) is 13.4. The van der Waals surface area contributed by atoms with Gasteiger partial charge < -0.3 is 15.0 Å². The topological polar surface area (TPSA) is 84.8 Å². The number of ether oxygens (including phenoxy) is 1. The van der Waals surface area contributed by atoms with E-state index in [-0.39, 0.29) is 5.56 Å². The summed E-state index contributed by atoms with van der Waals surface area (Å²) < 4.78 is 7.17. The Labute approximate surface area is 219 Å². The number of aromatic nitrogens is 4. The third kappa shape index (κ3) is 7.32. The highest BCUT2D eigenvalue weighted by atomic mass is 16.5. The number of hydrogen-bond acceptors (Lipinski definition) is 5. The number of fused-ring (bicyclic) bond motifs is 1. The fourth-order valence-corrected chi connectivity index (χ4v) is 4.73. The molecule has 0 aliphatic carbocycles. The second-order valence-electron chi connectivity index (χ2n) is 10.3. The average Bonchev–Trinajstić information content (AvgIpc) is 3.33. The number of rotatable bonds is 7. The van der Waals surface area contributed by atoms with Crippen LogP contribution in [0, 0.1) is 12.8 Å². The van der Waals surface area contributed by atoms with Crippen LogP contribution in [-0.4, -0.2) is 39.7 Å². The Morgan fingerprint density at radius 1 is 1.19 bits per heavy atom. The fraction of sp³-hybridized carbons (Fsp3) is 0.414. The zero-order valence-electron chi connectivity index (χ0n) is 22.5. The minimum Gasteiger partial charge on any atom is -0.383 e. The Morgan fingerprint density at radius 2 is 2.00 bits per heavy atom. The molecule has 1 saturated heterocycles. The molecule has 0 amide bonds. The highest BCUT2D eigenvalue weighted by molar-refractivity contribution is 6.59. The maximum atomic E-state index is 12.5. The summed E-state index contributed by atoms with van der Waals surface area (Å²) in [6.45, 7) is 12.4. The summed E-state index contributed by atoms with van der Waals surface area (Å²) >= 11 is 0. The minimum atomic E-state index is -0.165. The third-order valence-electron chi connectivity index (χ3n) is 6.55. The predicted octanol–water partition coefficient (Wildman–Crippen LogP) is 6.42. The zero-order valence-corrected chi connectivity index (χ0v) is 22.5. The fourth-order valence-electron chi connectivity index (χ4n) is 4.73. The number of nitrogens with zero attached hydrogens (tertiary/aromatic N) is 3. The van der Waals surface area contributed by atoms with Gasteiger partial charge in [-0.2, -0.15) is 5.10 Å². The Morgan fingerprint density at radius 3 is 2.73 bits per heavy atom. The molecule has 7 nitrogen and oxygen atoms in total. The SMILES string of the molecule is CCCB1CCOCC1.Cc1cccc(Nc2nc(-c3cnn(CC(C)C)c3)cc3cc[nH]c(=O)c23)c1. The van der Waals surface area contributed by atoms with Crippen molar-refractivity contribution in [3.63, 3.8) is 0 Å². The first-order valence-electron chi connectivity index (χ1n) is 13.4. The van der Waals surface area contributed by atoms with Gasteiger partial charge in [0.05, 0.1) is 17.3 Å². The van der Waals surface area contributed by atoms with Crippen molar-refractivity contribution in [1.29, 1.82) is 0 Å². The molecule has 3 aromatic heterocycles. The van der Waals surface area contributed by atoms with Crippen molar-refractivity contribution in [2.24, 2.45) is 5.92 Å². The summed E-state index contributed by atoms with van der Waals surface area (Å²) in [6.07, 6.45) is 10.8. The van der Waals surface area contributed by atoms with Gasteiger partial charge >= 0.3 is 0 Å². The number of pyridine rings is 2. The maximum Gasteiger partial charge on any atom is 0.259 e. The molecule has 5 rings (SSSR count). The van der Waals surface area contributed by atoms with Crippen molar-refractivity contribution in [1.82, 2.24) is 19.7 Å². The van der Waals surface area contributed by atoms with Gasteiger partial charge in [-0.15, -0.1) is 0 Å². The van der Waals surface area contributed by atoms with E-state index in [1.807, 2.05) is 60.4 Å². The van der Waals surface area contributed by atoms with Crippen molar-refractivity contribution < 1.29 is 4.74 Å². The van der Waals surface area contributed by atoms with Crippen LogP contribution in [0.2, 0.25) is 19.0 Å². The molecule has 0 radical (unpaired) electrons. The lowest BCUT2D eigenvalue weighted by atomic mass is 9.42. The molecular formula is C29H38BN5O2. The van der Waals surface area contributed by atoms with E-state index in [0.717, 1.165) is 54.4 Å². The van der Waals surface area contributed by atoms with Gasteiger partial charge in [0.1, 0.15) is 12.5 Å². The van der Waals surface area contributed by atoms with Crippen LogP contribution < -0.4 is 10.9 Å². The van der Waals surface area contributed by atoms with Crippen molar-refractivity contribution in [2.45, 2.75) is 59.6 Å². The number of H-pyrrole nitrogens is 1. The highest BCUT2D eigenvalue weighted by Crippen LogP contribution is 2.28. The van der Waals surface area contributed by atoms with E-state index in [9.17, 15) is 4.79 Å². The quantitative estimate of drug-likeness (QED) is 0.287. The summed E-state index contributed by atoms with van der Waals surface area (Å²) in [5.74, 6) is 1.05. The van der Waals surface area contributed by atoms with Gasteiger partial charge in [-0.1, -0.05) is 58.3 Å². The Balaban J connectivity index is 0.000000301. The van der Waals surface area contributed by atoms with Crippen LogP contribution in [0.5, 0.6) is 0 Å². The molecule has 37 heavy (non-hydrogen) atoms. The lowest BCUT2D eigenvalue weighted by molar-refractivity contribution is 0.150. The third-order valence-corrected chi connectivity index (χ3v) is 6.55. The van der Waals surface area contributed by atoms with Crippen LogP contribution in [-0.2, 0) is 11.3 Å². The van der Waals surface area contributed by atoms with Crippen LogP contribution in [0.3, 0.4) is 0 Å². The summed E-state index contributed by atoms with van der Waals surface area (Å²) in [4.78, 5) is 20.0. The summed E-state index contributed by atoms with van der Waals surface area (Å²) in [5, 5.41) is 9.14. The van der Waals surface area contributed by atoms with E-state index in [4.69, 9.17) is 9.72 Å². The van der Waals surface area contributed by atoms with Crippen molar-refractivity contribution in [3.8, 4) is 11.3 Å². The predicted molar refractivity (Wildman–Crippen MR) is 154 cm³/mol. The smallest absolute Gasteiger partial charge is 0.259 e. The molecule has 1 fully saturated rings. The van der Waals surface area contributed by atoms with E-state index in [0.29, 0.717) is 17.1 Å². The largest absolute Gasteiger partial charge is 0.383 e. The summed E-state index contributed by atoms with van der Waals surface area (Å²) in [6, 6.07) is 11.8. The van der Waals surface area contributed by atoms with Crippen LogP contribution in [0.15, 0.2) is 59.8 Å². The van der Waals surface area contributed by atoms with Crippen molar-refractivity contribution >= 4 is 29.0 Å². The number of aryl methyl sites for hydroxylation is 1. The van der Waals surface area contributed by atoms with Crippen LogP contribution in [0.1, 0.15) is 32.8 Å². The molecule has 1 aliphatic heterocycles. The first-order chi connectivity index (χ1) is 17.9. The molecule has 194 valence electrons. The molecule has 1 aromatic carbocycles. The summed E-state index contributed by atoms with van der Waals surface area (Å²) in [5.41, 5.74) is 3.57. The number of benzene rings is 1.